The number of carbonyl (C=O) groups is 2. The lowest BCUT2D eigenvalue weighted by Gasteiger charge is -2.13. The zero-order valence-corrected chi connectivity index (χ0v) is 14.0. The van der Waals surface area contributed by atoms with E-state index in [4.69, 9.17) is 4.74 Å². The molecule has 0 radical (unpaired) electrons. The molecular weight excluding hydrogens is 306 g/mol. The summed E-state index contributed by atoms with van der Waals surface area (Å²) in [5.74, 6) is 0.251. The number of rotatable bonds is 6. The second kappa shape index (κ2) is 8.01. The Morgan fingerprint density at radius 2 is 1.67 bits per heavy atom. The minimum atomic E-state index is -0.175. The molecule has 0 atom stereocenters. The Bertz CT molecular complexity index is 727. The summed E-state index contributed by atoms with van der Waals surface area (Å²) < 4.78 is 5.26. The van der Waals surface area contributed by atoms with E-state index >= 15 is 0 Å². The molecule has 0 fully saturated rings. The van der Waals surface area contributed by atoms with Gasteiger partial charge in [0.1, 0.15) is 5.75 Å². The lowest BCUT2D eigenvalue weighted by molar-refractivity contribution is -0.115. The topological polar surface area (TPSA) is 79.5 Å². The van der Waals surface area contributed by atoms with Crippen LogP contribution in [0.2, 0.25) is 0 Å². The molecule has 2 amide bonds. The van der Waals surface area contributed by atoms with Crippen LogP contribution in [0.3, 0.4) is 0 Å². The Kier molecular flexibility index (Phi) is 5.78. The van der Waals surface area contributed by atoms with Crippen LogP contribution in [0.5, 0.6) is 5.75 Å². The van der Waals surface area contributed by atoms with E-state index in [1.54, 1.807) is 25.3 Å². The van der Waals surface area contributed by atoms with Crippen molar-refractivity contribution in [1.82, 2.24) is 0 Å². The summed E-state index contributed by atoms with van der Waals surface area (Å²) in [6, 6.07) is 12.8. The van der Waals surface area contributed by atoms with E-state index in [0.717, 1.165) is 11.3 Å². The number of aryl methyl sites for hydroxylation is 1. The number of hydrogen-bond acceptors (Lipinski definition) is 4. The van der Waals surface area contributed by atoms with E-state index in [1.165, 1.54) is 6.92 Å². The van der Waals surface area contributed by atoms with Gasteiger partial charge < -0.3 is 20.7 Å². The molecule has 0 saturated carbocycles. The minimum absolute atomic E-state index is 0.0771. The summed E-state index contributed by atoms with van der Waals surface area (Å²) in [4.78, 5) is 23.2. The van der Waals surface area contributed by atoms with Gasteiger partial charge in [-0.1, -0.05) is 17.7 Å². The second-order valence-electron chi connectivity index (χ2n) is 5.36. The predicted molar refractivity (Wildman–Crippen MR) is 95.6 cm³/mol. The monoisotopic (exact) mass is 327 g/mol. The highest BCUT2D eigenvalue weighted by atomic mass is 16.5. The van der Waals surface area contributed by atoms with E-state index in [2.05, 4.69) is 16.0 Å². The fraction of sp³-hybridized carbons (Fsp3) is 0.222. The predicted octanol–water partition coefficient (Wildman–Crippen LogP) is 3.01. The largest absolute Gasteiger partial charge is 0.495 e. The first-order valence-electron chi connectivity index (χ1n) is 7.54. The molecule has 3 N–H and O–H groups in total. The summed E-state index contributed by atoms with van der Waals surface area (Å²) in [5, 5.41) is 8.53. The highest BCUT2D eigenvalue weighted by Gasteiger charge is 2.08. The van der Waals surface area contributed by atoms with Crippen LogP contribution in [0.4, 0.5) is 17.1 Å². The van der Waals surface area contributed by atoms with Gasteiger partial charge in [0, 0.05) is 18.3 Å². The molecule has 6 heteroatoms. The van der Waals surface area contributed by atoms with Gasteiger partial charge >= 0.3 is 0 Å². The molecule has 0 saturated heterocycles. The molecule has 0 aliphatic rings. The average Bonchev–Trinajstić information content (AvgIpc) is 2.55. The third-order valence-electron chi connectivity index (χ3n) is 3.29. The van der Waals surface area contributed by atoms with Crippen LogP contribution in [0.15, 0.2) is 42.5 Å². The number of benzene rings is 2. The quantitative estimate of drug-likeness (QED) is 0.762. The van der Waals surface area contributed by atoms with E-state index in [-0.39, 0.29) is 18.4 Å². The Balaban J connectivity index is 2.00. The number of hydrogen-bond donors (Lipinski definition) is 3. The SMILES string of the molecule is COc1ccc(NC(C)=O)cc1NCC(=O)Nc1ccc(C)cc1. The van der Waals surface area contributed by atoms with Gasteiger partial charge in [-0.3, -0.25) is 9.59 Å². The van der Waals surface area contributed by atoms with Crippen molar-refractivity contribution in [1.29, 1.82) is 0 Å². The minimum Gasteiger partial charge on any atom is -0.495 e. The number of methoxy groups -OCH3 is 1. The Labute approximate surface area is 141 Å². The first-order valence-corrected chi connectivity index (χ1v) is 7.54. The molecular formula is C18H21N3O3. The molecule has 0 heterocycles. The Morgan fingerprint density at radius 1 is 1.00 bits per heavy atom. The molecule has 0 aliphatic heterocycles. The maximum Gasteiger partial charge on any atom is 0.243 e. The fourth-order valence-electron chi connectivity index (χ4n) is 2.14. The van der Waals surface area contributed by atoms with Crippen LogP contribution in [0.1, 0.15) is 12.5 Å². The lowest BCUT2D eigenvalue weighted by atomic mass is 10.2. The summed E-state index contributed by atoms with van der Waals surface area (Å²) in [5.41, 5.74) is 3.13. The normalized spacial score (nSPS) is 9.96. The van der Waals surface area contributed by atoms with Crippen molar-refractivity contribution < 1.29 is 14.3 Å². The second-order valence-corrected chi connectivity index (χ2v) is 5.36. The molecule has 2 rings (SSSR count). The van der Waals surface area contributed by atoms with Crippen LogP contribution in [0.25, 0.3) is 0 Å². The zero-order valence-electron chi connectivity index (χ0n) is 14.0. The summed E-state index contributed by atoms with van der Waals surface area (Å²) >= 11 is 0. The van der Waals surface area contributed by atoms with Crippen molar-refractivity contribution in [3.63, 3.8) is 0 Å². The van der Waals surface area contributed by atoms with Crippen LogP contribution in [0, 0.1) is 6.92 Å². The summed E-state index contributed by atoms with van der Waals surface area (Å²) in [6.45, 7) is 3.50. The van der Waals surface area contributed by atoms with Gasteiger partial charge in [0.25, 0.3) is 0 Å². The van der Waals surface area contributed by atoms with E-state index < -0.39 is 0 Å². The molecule has 0 aliphatic carbocycles. The Hall–Kier alpha value is -3.02. The molecule has 2 aromatic rings. The first kappa shape index (κ1) is 17.3. The van der Waals surface area contributed by atoms with Gasteiger partial charge in [-0.25, -0.2) is 0 Å². The summed E-state index contributed by atoms with van der Waals surface area (Å²) in [7, 11) is 1.55. The zero-order chi connectivity index (χ0) is 17.5. The van der Waals surface area contributed by atoms with E-state index in [0.29, 0.717) is 17.1 Å². The Morgan fingerprint density at radius 3 is 2.29 bits per heavy atom. The average molecular weight is 327 g/mol. The third-order valence-corrected chi connectivity index (χ3v) is 3.29. The van der Waals surface area contributed by atoms with E-state index in [9.17, 15) is 9.59 Å². The van der Waals surface area contributed by atoms with Crippen molar-refractivity contribution in [2.45, 2.75) is 13.8 Å². The lowest BCUT2D eigenvalue weighted by Crippen LogP contribution is -2.22. The molecule has 0 unspecified atom stereocenters. The third kappa shape index (κ3) is 5.01. The smallest absolute Gasteiger partial charge is 0.243 e. The van der Waals surface area contributed by atoms with Gasteiger partial charge in [0.2, 0.25) is 11.8 Å². The highest BCUT2D eigenvalue weighted by molar-refractivity contribution is 5.94. The number of carbonyl (C=O) groups excluding carboxylic acids is 2. The van der Waals surface area contributed by atoms with Gasteiger partial charge in [-0.2, -0.15) is 0 Å². The van der Waals surface area contributed by atoms with Crippen molar-refractivity contribution >= 4 is 28.9 Å². The van der Waals surface area contributed by atoms with Crippen LogP contribution < -0.4 is 20.7 Å². The molecule has 24 heavy (non-hydrogen) atoms. The van der Waals surface area contributed by atoms with Crippen LogP contribution in [-0.2, 0) is 9.59 Å². The van der Waals surface area contributed by atoms with Crippen molar-refractivity contribution in [3.05, 3.63) is 48.0 Å². The van der Waals surface area contributed by atoms with Crippen LogP contribution in [-0.4, -0.2) is 25.5 Å². The number of amides is 2. The number of anilines is 3. The van der Waals surface area contributed by atoms with Crippen molar-refractivity contribution in [2.24, 2.45) is 0 Å². The molecule has 126 valence electrons. The highest BCUT2D eigenvalue weighted by Crippen LogP contribution is 2.27. The van der Waals surface area contributed by atoms with Crippen molar-refractivity contribution in [3.8, 4) is 5.75 Å². The van der Waals surface area contributed by atoms with Gasteiger partial charge in [-0.05, 0) is 37.3 Å². The van der Waals surface area contributed by atoms with E-state index in [1.807, 2.05) is 31.2 Å². The fourth-order valence-corrected chi connectivity index (χ4v) is 2.14. The maximum absolute atomic E-state index is 12.0. The van der Waals surface area contributed by atoms with Crippen molar-refractivity contribution in [2.75, 3.05) is 29.6 Å². The standard InChI is InChI=1S/C18H21N3O3/c1-12-4-6-14(7-5-12)21-18(23)11-19-16-10-15(20-13(2)22)8-9-17(16)24-3/h4-10,19H,11H2,1-3H3,(H,20,22)(H,21,23). The van der Waals surface area contributed by atoms with Gasteiger partial charge in [-0.15, -0.1) is 0 Å². The molecule has 0 bridgehead atoms. The van der Waals surface area contributed by atoms with Gasteiger partial charge in [0.05, 0.1) is 19.3 Å². The van der Waals surface area contributed by atoms with Crippen LogP contribution >= 0.6 is 0 Å². The molecule has 0 spiro atoms. The van der Waals surface area contributed by atoms with Gasteiger partial charge in [0.15, 0.2) is 0 Å². The summed E-state index contributed by atoms with van der Waals surface area (Å²) in [6.07, 6.45) is 0. The number of ether oxygens (including phenoxy) is 1. The molecule has 6 nitrogen and oxygen atoms in total. The molecule has 2 aromatic carbocycles. The molecule has 0 aromatic heterocycles. The maximum atomic E-state index is 12.0. The number of nitrogens with one attached hydrogen (secondary N) is 3. The first-order chi connectivity index (χ1) is 11.5.